The Balaban J connectivity index is 2.92. The van der Waals surface area contributed by atoms with Crippen LogP contribution in [0, 0.1) is 6.92 Å². The Morgan fingerprint density at radius 1 is 1.47 bits per heavy atom. The van der Waals surface area contributed by atoms with Crippen LogP contribution in [0.25, 0.3) is 10.9 Å². The number of rotatable bonds is 0. The summed E-state index contributed by atoms with van der Waals surface area (Å²) >= 11 is 0. The maximum atomic E-state index is 11.7. The number of hydrogen-bond acceptors (Lipinski definition) is 3. The normalized spacial score (nSPS) is 10.5. The molecule has 15 heavy (non-hydrogen) atoms. The summed E-state index contributed by atoms with van der Waals surface area (Å²) < 4.78 is 0.571. The molecule has 2 rings (SSSR count). The smallest absolute Gasteiger partial charge is 0.419 e. The standard InChI is InChI=1S/C10H8N2O3/c1-6-3-2-4-7-8(6)11-5-12(9(7)13)10(14)15/h2-5H,1H3,(H,14,15). The van der Waals surface area contributed by atoms with E-state index < -0.39 is 11.7 Å². The van der Waals surface area contributed by atoms with Gasteiger partial charge in [0.1, 0.15) is 6.33 Å². The molecule has 0 aliphatic rings. The second kappa shape index (κ2) is 3.20. The van der Waals surface area contributed by atoms with Crippen LogP contribution in [-0.4, -0.2) is 20.8 Å². The first-order valence-corrected chi connectivity index (χ1v) is 4.31. The summed E-state index contributed by atoms with van der Waals surface area (Å²) in [5.74, 6) is 0. The van der Waals surface area contributed by atoms with E-state index in [2.05, 4.69) is 4.98 Å². The third kappa shape index (κ3) is 1.38. The highest BCUT2D eigenvalue weighted by Crippen LogP contribution is 2.10. The highest BCUT2D eigenvalue weighted by Gasteiger charge is 2.09. The van der Waals surface area contributed by atoms with E-state index in [0.29, 0.717) is 15.5 Å². The first kappa shape index (κ1) is 9.39. The van der Waals surface area contributed by atoms with E-state index in [-0.39, 0.29) is 0 Å². The molecule has 1 aromatic heterocycles. The third-order valence-corrected chi connectivity index (χ3v) is 2.20. The number of aryl methyl sites for hydroxylation is 1. The van der Waals surface area contributed by atoms with Crippen LogP contribution >= 0.6 is 0 Å². The van der Waals surface area contributed by atoms with E-state index in [1.54, 1.807) is 12.1 Å². The molecule has 5 nitrogen and oxygen atoms in total. The van der Waals surface area contributed by atoms with Gasteiger partial charge in [0.25, 0.3) is 5.56 Å². The van der Waals surface area contributed by atoms with Crippen molar-refractivity contribution in [2.75, 3.05) is 0 Å². The minimum atomic E-state index is -1.32. The number of aromatic nitrogens is 2. The molecule has 0 unspecified atom stereocenters. The van der Waals surface area contributed by atoms with E-state index >= 15 is 0 Å². The minimum absolute atomic E-state index is 0.319. The zero-order chi connectivity index (χ0) is 11.0. The Hall–Kier alpha value is -2.17. The molecule has 0 aliphatic carbocycles. The van der Waals surface area contributed by atoms with E-state index in [4.69, 9.17) is 5.11 Å². The lowest BCUT2D eigenvalue weighted by Gasteiger charge is -2.02. The van der Waals surface area contributed by atoms with Gasteiger partial charge in [0.2, 0.25) is 0 Å². The number of carboxylic acid groups (broad SMARTS) is 1. The van der Waals surface area contributed by atoms with Crippen LogP contribution in [0.5, 0.6) is 0 Å². The SMILES string of the molecule is Cc1cccc2c(=O)n(C(=O)O)cnc12. The zero-order valence-electron chi connectivity index (χ0n) is 7.97. The fourth-order valence-electron chi connectivity index (χ4n) is 1.44. The Labute approximate surface area is 84.6 Å². The summed E-state index contributed by atoms with van der Waals surface area (Å²) in [5.41, 5.74) is 0.832. The number of para-hydroxylation sites is 1. The summed E-state index contributed by atoms with van der Waals surface area (Å²) in [6, 6.07) is 5.09. The van der Waals surface area contributed by atoms with Gasteiger partial charge >= 0.3 is 6.09 Å². The van der Waals surface area contributed by atoms with Crippen LogP contribution in [0.3, 0.4) is 0 Å². The molecule has 0 bridgehead atoms. The third-order valence-electron chi connectivity index (χ3n) is 2.20. The van der Waals surface area contributed by atoms with Gasteiger partial charge in [-0.05, 0) is 18.6 Å². The van der Waals surface area contributed by atoms with Crippen molar-refractivity contribution < 1.29 is 9.90 Å². The fraction of sp³-hybridized carbons (Fsp3) is 0.100. The topological polar surface area (TPSA) is 72.2 Å². The highest BCUT2D eigenvalue weighted by atomic mass is 16.4. The lowest BCUT2D eigenvalue weighted by Crippen LogP contribution is -2.26. The molecule has 76 valence electrons. The van der Waals surface area contributed by atoms with E-state index in [0.717, 1.165) is 11.9 Å². The minimum Gasteiger partial charge on any atom is -0.464 e. The lowest BCUT2D eigenvalue weighted by molar-refractivity contribution is 0.195. The Bertz CT molecular complexity index is 601. The van der Waals surface area contributed by atoms with Gasteiger partial charge in [-0.1, -0.05) is 12.1 Å². The van der Waals surface area contributed by atoms with Crippen molar-refractivity contribution in [2.24, 2.45) is 0 Å². The average molecular weight is 204 g/mol. The maximum Gasteiger partial charge on any atom is 0.419 e. The summed E-state index contributed by atoms with van der Waals surface area (Å²) in [6.07, 6.45) is -0.295. The molecule has 0 amide bonds. The Morgan fingerprint density at radius 2 is 2.20 bits per heavy atom. The predicted octanol–water partition coefficient (Wildman–Crippen LogP) is 1.23. The van der Waals surface area contributed by atoms with Gasteiger partial charge in [0.15, 0.2) is 0 Å². The molecule has 0 fully saturated rings. The summed E-state index contributed by atoms with van der Waals surface area (Å²) in [4.78, 5) is 26.3. The van der Waals surface area contributed by atoms with Gasteiger partial charge in [-0.3, -0.25) is 4.79 Å². The van der Waals surface area contributed by atoms with Gasteiger partial charge in [-0.15, -0.1) is 0 Å². The largest absolute Gasteiger partial charge is 0.464 e. The second-order valence-corrected chi connectivity index (χ2v) is 3.17. The molecule has 1 aromatic carbocycles. The molecule has 0 saturated heterocycles. The van der Waals surface area contributed by atoms with E-state index in [9.17, 15) is 9.59 Å². The number of fused-ring (bicyclic) bond motifs is 1. The van der Waals surface area contributed by atoms with Crippen LogP contribution in [0.15, 0.2) is 29.3 Å². The predicted molar refractivity (Wildman–Crippen MR) is 54.2 cm³/mol. The van der Waals surface area contributed by atoms with E-state index in [1.807, 2.05) is 13.0 Å². The second-order valence-electron chi connectivity index (χ2n) is 3.17. The molecule has 0 saturated carbocycles. The summed E-state index contributed by atoms with van der Waals surface area (Å²) in [7, 11) is 0. The molecule has 0 radical (unpaired) electrons. The average Bonchev–Trinajstić information content (AvgIpc) is 2.19. The van der Waals surface area contributed by atoms with Crippen molar-refractivity contribution in [3.8, 4) is 0 Å². The van der Waals surface area contributed by atoms with E-state index in [1.165, 1.54) is 0 Å². The molecule has 5 heteroatoms. The summed E-state index contributed by atoms with van der Waals surface area (Å²) in [5, 5.41) is 9.04. The zero-order valence-corrected chi connectivity index (χ0v) is 7.97. The van der Waals surface area contributed by atoms with Gasteiger partial charge in [-0.25, -0.2) is 14.3 Å². The molecule has 2 aromatic rings. The maximum absolute atomic E-state index is 11.7. The van der Waals surface area contributed by atoms with Crippen LogP contribution in [0.2, 0.25) is 0 Å². The molecule has 0 aliphatic heterocycles. The van der Waals surface area contributed by atoms with Crippen molar-refractivity contribution in [3.63, 3.8) is 0 Å². The van der Waals surface area contributed by atoms with Crippen molar-refractivity contribution in [1.82, 2.24) is 9.55 Å². The Kier molecular flexibility index (Phi) is 2.00. The molecular formula is C10H8N2O3. The highest BCUT2D eigenvalue weighted by molar-refractivity contribution is 5.82. The molecular weight excluding hydrogens is 196 g/mol. The number of carbonyl (C=O) groups is 1. The quantitative estimate of drug-likeness (QED) is 0.700. The monoisotopic (exact) mass is 204 g/mol. The first-order chi connectivity index (χ1) is 7.11. The van der Waals surface area contributed by atoms with Crippen LogP contribution in [0.4, 0.5) is 4.79 Å². The molecule has 1 heterocycles. The summed E-state index contributed by atoms with van der Waals surface area (Å²) in [6.45, 7) is 1.82. The van der Waals surface area contributed by atoms with Crippen LogP contribution in [-0.2, 0) is 0 Å². The molecule has 1 N–H and O–H groups in total. The fourth-order valence-corrected chi connectivity index (χ4v) is 1.44. The number of hydrogen-bond donors (Lipinski definition) is 1. The van der Waals surface area contributed by atoms with Crippen molar-refractivity contribution in [1.29, 1.82) is 0 Å². The van der Waals surface area contributed by atoms with Gasteiger partial charge in [0.05, 0.1) is 10.9 Å². The Morgan fingerprint density at radius 3 is 2.87 bits per heavy atom. The van der Waals surface area contributed by atoms with Crippen LogP contribution in [0.1, 0.15) is 5.56 Å². The number of nitrogens with zero attached hydrogens (tertiary/aromatic N) is 2. The molecule has 0 atom stereocenters. The van der Waals surface area contributed by atoms with Crippen molar-refractivity contribution in [2.45, 2.75) is 6.92 Å². The first-order valence-electron chi connectivity index (χ1n) is 4.31. The van der Waals surface area contributed by atoms with Gasteiger partial charge < -0.3 is 5.11 Å². The van der Waals surface area contributed by atoms with Crippen LogP contribution < -0.4 is 5.56 Å². The van der Waals surface area contributed by atoms with Crippen molar-refractivity contribution >= 4 is 17.0 Å². The van der Waals surface area contributed by atoms with Gasteiger partial charge in [-0.2, -0.15) is 0 Å². The lowest BCUT2D eigenvalue weighted by atomic mass is 10.1. The van der Waals surface area contributed by atoms with Gasteiger partial charge in [0, 0.05) is 0 Å². The molecule has 0 spiro atoms. The van der Waals surface area contributed by atoms with Crippen molar-refractivity contribution in [3.05, 3.63) is 40.4 Å². The number of benzene rings is 1.